The molecule has 0 atom stereocenters. The van der Waals surface area contributed by atoms with Gasteiger partial charge in [-0.05, 0) is 54.0 Å². The van der Waals surface area contributed by atoms with Crippen molar-refractivity contribution in [2.24, 2.45) is 5.92 Å². The molecule has 1 aliphatic carbocycles. The maximum absolute atomic E-state index is 14.3. The summed E-state index contributed by atoms with van der Waals surface area (Å²) in [6, 6.07) is 6.30. The first kappa shape index (κ1) is 24.5. The molecule has 0 bridgehead atoms. The van der Waals surface area contributed by atoms with Gasteiger partial charge < -0.3 is 10.2 Å². The number of benzene rings is 2. The van der Waals surface area contributed by atoms with Crippen molar-refractivity contribution in [3.05, 3.63) is 63.4 Å². The molecule has 2 aromatic carbocycles. The van der Waals surface area contributed by atoms with E-state index in [0.717, 1.165) is 36.1 Å². The minimum absolute atomic E-state index is 0.123. The molecule has 182 valence electrons. The Morgan fingerprint density at radius 2 is 1.85 bits per heavy atom. The van der Waals surface area contributed by atoms with Gasteiger partial charge in [0.2, 0.25) is 11.8 Å². The van der Waals surface area contributed by atoms with E-state index in [-0.39, 0.29) is 16.5 Å². The molecule has 0 radical (unpaired) electrons. The second-order valence-corrected chi connectivity index (χ2v) is 9.39. The fraction of sp³-hybridized carbons (Fsp3) is 0.440. The Balaban J connectivity index is 1.47. The van der Waals surface area contributed by atoms with E-state index < -0.39 is 29.9 Å². The molecule has 34 heavy (non-hydrogen) atoms. The molecule has 0 aromatic heterocycles. The SMILES string of the molecule is O=C(Cc1cccc(C(F)(F)F)c1F)Nc1c(Cl)ccc2c1CCN(C(=O)CC1CCCC1)C2. The van der Waals surface area contributed by atoms with Gasteiger partial charge in [0, 0.05) is 19.5 Å². The molecule has 0 unspecified atom stereocenters. The summed E-state index contributed by atoms with van der Waals surface area (Å²) >= 11 is 6.32. The van der Waals surface area contributed by atoms with Crippen LogP contribution >= 0.6 is 11.6 Å². The predicted octanol–water partition coefficient (Wildman–Crippen LogP) is 6.14. The lowest BCUT2D eigenvalue weighted by Crippen LogP contribution is -2.37. The highest BCUT2D eigenvalue weighted by Gasteiger charge is 2.35. The molecule has 2 aromatic rings. The molecule has 2 amide bonds. The van der Waals surface area contributed by atoms with Gasteiger partial charge in [0.25, 0.3) is 0 Å². The number of alkyl halides is 3. The third-order valence-corrected chi connectivity index (χ3v) is 6.96. The zero-order valence-corrected chi connectivity index (χ0v) is 19.2. The van der Waals surface area contributed by atoms with Gasteiger partial charge in [0.15, 0.2) is 0 Å². The third-order valence-electron chi connectivity index (χ3n) is 6.64. The van der Waals surface area contributed by atoms with Gasteiger partial charge in [-0.2, -0.15) is 13.2 Å². The summed E-state index contributed by atoms with van der Waals surface area (Å²) in [6.07, 6.45) is 0.151. The van der Waals surface area contributed by atoms with Crippen molar-refractivity contribution >= 4 is 29.1 Å². The van der Waals surface area contributed by atoms with Gasteiger partial charge >= 0.3 is 6.18 Å². The average Bonchev–Trinajstić information content (AvgIpc) is 3.29. The number of nitrogens with one attached hydrogen (secondary N) is 1. The van der Waals surface area contributed by atoms with Crippen molar-refractivity contribution in [2.45, 2.75) is 57.7 Å². The second kappa shape index (κ2) is 9.94. The summed E-state index contributed by atoms with van der Waals surface area (Å²) in [5.41, 5.74) is 0.248. The van der Waals surface area contributed by atoms with E-state index in [0.29, 0.717) is 43.6 Å². The van der Waals surface area contributed by atoms with Gasteiger partial charge in [-0.1, -0.05) is 42.6 Å². The topological polar surface area (TPSA) is 49.4 Å². The van der Waals surface area contributed by atoms with Gasteiger partial charge in [0.05, 0.1) is 22.7 Å². The van der Waals surface area contributed by atoms with E-state index in [1.165, 1.54) is 12.8 Å². The molecule has 4 nitrogen and oxygen atoms in total. The number of carbonyl (C=O) groups is 2. The van der Waals surface area contributed by atoms with Gasteiger partial charge in [0.1, 0.15) is 5.82 Å². The Hall–Kier alpha value is -2.61. The van der Waals surface area contributed by atoms with E-state index in [4.69, 9.17) is 11.6 Å². The Bertz CT molecular complexity index is 1100. The zero-order chi connectivity index (χ0) is 24.5. The minimum atomic E-state index is -4.85. The lowest BCUT2D eigenvalue weighted by molar-refractivity contribution is -0.140. The molecule has 1 aliphatic heterocycles. The second-order valence-electron chi connectivity index (χ2n) is 8.98. The number of halogens is 5. The van der Waals surface area contributed by atoms with Crippen molar-refractivity contribution in [1.82, 2.24) is 4.90 Å². The number of anilines is 1. The van der Waals surface area contributed by atoms with Crippen LogP contribution in [0, 0.1) is 11.7 Å². The number of carbonyl (C=O) groups excluding carboxylic acids is 2. The van der Waals surface area contributed by atoms with Crippen molar-refractivity contribution in [3.63, 3.8) is 0 Å². The quantitative estimate of drug-likeness (QED) is 0.505. The maximum atomic E-state index is 14.3. The van der Waals surface area contributed by atoms with E-state index >= 15 is 0 Å². The van der Waals surface area contributed by atoms with Crippen LogP contribution in [-0.4, -0.2) is 23.3 Å². The Morgan fingerprint density at radius 1 is 1.12 bits per heavy atom. The van der Waals surface area contributed by atoms with E-state index in [2.05, 4.69) is 5.32 Å². The summed E-state index contributed by atoms with van der Waals surface area (Å²) in [6.45, 7) is 0.896. The number of hydrogen-bond acceptors (Lipinski definition) is 2. The molecule has 0 saturated heterocycles. The van der Waals surface area contributed by atoms with Crippen molar-refractivity contribution in [2.75, 3.05) is 11.9 Å². The molecule has 1 saturated carbocycles. The summed E-state index contributed by atoms with van der Waals surface area (Å²) in [5.74, 6) is -1.56. The Morgan fingerprint density at radius 3 is 2.56 bits per heavy atom. The number of fused-ring (bicyclic) bond motifs is 1. The first-order chi connectivity index (χ1) is 16.1. The summed E-state index contributed by atoms with van der Waals surface area (Å²) in [5, 5.41) is 2.93. The van der Waals surface area contributed by atoms with E-state index in [1.807, 2.05) is 11.0 Å². The first-order valence-electron chi connectivity index (χ1n) is 11.4. The fourth-order valence-electron chi connectivity index (χ4n) is 4.86. The van der Waals surface area contributed by atoms with Crippen molar-refractivity contribution in [3.8, 4) is 0 Å². The van der Waals surface area contributed by atoms with Gasteiger partial charge in [-0.15, -0.1) is 0 Å². The minimum Gasteiger partial charge on any atom is -0.338 e. The monoisotopic (exact) mass is 496 g/mol. The van der Waals surface area contributed by atoms with Gasteiger partial charge in [-0.3, -0.25) is 9.59 Å². The number of hydrogen-bond donors (Lipinski definition) is 1. The van der Waals surface area contributed by atoms with Crippen LogP contribution in [0.2, 0.25) is 5.02 Å². The molecule has 1 N–H and O–H groups in total. The molecule has 0 spiro atoms. The van der Waals surface area contributed by atoms with Crippen LogP contribution in [0.1, 0.15) is 54.4 Å². The van der Waals surface area contributed by atoms with E-state index in [1.54, 1.807) is 6.07 Å². The molecular weight excluding hydrogens is 472 g/mol. The largest absolute Gasteiger partial charge is 0.419 e. The fourth-order valence-corrected chi connectivity index (χ4v) is 5.08. The van der Waals surface area contributed by atoms with Crippen molar-refractivity contribution in [1.29, 1.82) is 0 Å². The lowest BCUT2D eigenvalue weighted by Gasteiger charge is -2.31. The highest BCUT2D eigenvalue weighted by molar-refractivity contribution is 6.34. The van der Waals surface area contributed by atoms with Gasteiger partial charge in [-0.25, -0.2) is 4.39 Å². The number of nitrogens with zero attached hydrogens (tertiary/aromatic N) is 1. The molecule has 1 fully saturated rings. The van der Waals surface area contributed by atoms with Crippen LogP contribution in [0.15, 0.2) is 30.3 Å². The van der Waals surface area contributed by atoms with Crippen molar-refractivity contribution < 1.29 is 27.2 Å². The molecule has 4 rings (SSSR count). The summed E-state index contributed by atoms with van der Waals surface area (Å²) < 4.78 is 53.2. The third kappa shape index (κ3) is 5.37. The standard InChI is InChI=1S/C25H25ClF4N2O2/c26-20-9-8-17-14-32(22(34)12-15-4-1-2-5-15)11-10-18(17)24(20)31-21(33)13-16-6-3-7-19(23(16)27)25(28,29)30/h3,6-9,15H,1-2,4-5,10-14H2,(H,31,33). The number of rotatable bonds is 5. The summed E-state index contributed by atoms with van der Waals surface area (Å²) in [4.78, 5) is 27.2. The first-order valence-corrected chi connectivity index (χ1v) is 11.7. The zero-order valence-electron chi connectivity index (χ0n) is 18.5. The highest BCUT2D eigenvalue weighted by Crippen LogP contribution is 2.35. The van der Waals surface area contributed by atoms with Crippen LogP contribution in [0.3, 0.4) is 0 Å². The molecule has 9 heteroatoms. The normalized spacial score (nSPS) is 16.4. The van der Waals surface area contributed by atoms with Crippen LogP contribution < -0.4 is 5.32 Å². The highest BCUT2D eigenvalue weighted by atomic mass is 35.5. The Kier molecular flexibility index (Phi) is 7.17. The van der Waals surface area contributed by atoms with Crippen LogP contribution in [0.4, 0.5) is 23.2 Å². The van der Waals surface area contributed by atoms with Crippen LogP contribution in [0.5, 0.6) is 0 Å². The molecule has 2 aliphatic rings. The molecular formula is C25H25ClF4N2O2. The summed E-state index contributed by atoms with van der Waals surface area (Å²) in [7, 11) is 0. The van der Waals surface area contributed by atoms with Crippen LogP contribution in [0.25, 0.3) is 0 Å². The number of amides is 2. The van der Waals surface area contributed by atoms with Crippen LogP contribution in [-0.2, 0) is 35.2 Å². The maximum Gasteiger partial charge on any atom is 0.419 e. The average molecular weight is 497 g/mol. The smallest absolute Gasteiger partial charge is 0.338 e. The molecule has 1 heterocycles. The predicted molar refractivity (Wildman–Crippen MR) is 121 cm³/mol. The lowest BCUT2D eigenvalue weighted by atomic mass is 9.96. The van der Waals surface area contributed by atoms with E-state index in [9.17, 15) is 27.2 Å². The Labute approximate surface area is 200 Å².